The van der Waals surface area contributed by atoms with Crippen molar-refractivity contribution >= 4 is 5.84 Å². The van der Waals surface area contributed by atoms with Gasteiger partial charge < -0.3 is 4.90 Å². The van der Waals surface area contributed by atoms with Crippen LogP contribution in [0.3, 0.4) is 0 Å². The second-order valence-corrected chi connectivity index (χ2v) is 4.94. The predicted molar refractivity (Wildman–Crippen MR) is 55.1 cm³/mol. The Labute approximate surface area is 89.0 Å². The quantitative estimate of drug-likeness (QED) is 0.565. The van der Waals surface area contributed by atoms with Crippen molar-refractivity contribution in [2.75, 3.05) is 6.54 Å². The summed E-state index contributed by atoms with van der Waals surface area (Å²) in [7, 11) is 0. The Morgan fingerprint density at radius 1 is 1.20 bits per heavy atom. The van der Waals surface area contributed by atoms with E-state index in [1.165, 1.54) is 0 Å². The first kappa shape index (κ1) is 14.3. The van der Waals surface area contributed by atoms with Crippen LogP contribution in [0.2, 0.25) is 0 Å². The third-order valence-corrected chi connectivity index (χ3v) is 1.97. The summed E-state index contributed by atoms with van der Waals surface area (Å²) in [4.78, 5) is 1.08. The lowest BCUT2D eigenvalue weighted by atomic mass is 9.93. The fourth-order valence-electron chi connectivity index (χ4n) is 1.14. The molecule has 1 N–H and O–H groups in total. The molecule has 2 nitrogen and oxygen atoms in total. The maximum atomic E-state index is 12.3. The molecular weight excluding hydrogens is 205 g/mol. The van der Waals surface area contributed by atoms with Crippen molar-refractivity contribution in [1.82, 2.24) is 4.90 Å². The number of nitrogens with one attached hydrogen (secondary N) is 1. The third kappa shape index (κ3) is 5.04. The minimum absolute atomic E-state index is 0.0230. The van der Waals surface area contributed by atoms with Gasteiger partial charge >= 0.3 is 6.18 Å². The number of hydrogen-bond donors (Lipinski definition) is 1. The molecule has 0 unspecified atom stereocenters. The second-order valence-electron chi connectivity index (χ2n) is 4.94. The highest BCUT2D eigenvalue weighted by Gasteiger charge is 2.35. The topological polar surface area (TPSA) is 27.1 Å². The van der Waals surface area contributed by atoms with Gasteiger partial charge in [-0.15, -0.1) is 0 Å². The maximum Gasteiger partial charge on any atom is 0.405 e. The van der Waals surface area contributed by atoms with E-state index in [-0.39, 0.29) is 11.9 Å². The van der Waals surface area contributed by atoms with Crippen LogP contribution in [0.15, 0.2) is 0 Å². The fourth-order valence-corrected chi connectivity index (χ4v) is 1.14. The average molecular weight is 224 g/mol. The molecular formula is C10H19F3N2. The summed E-state index contributed by atoms with van der Waals surface area (Å²) in [5, 5.41) is 7.73. The van der Waals surface area contributed by atoms with Gasteiger partial charge in [-0.1, -0.05) is 20.8 Å². The zero-order valence-electron chi connectivity index (χ0n) is 9.87. The molecule has 0 rings (SSSR count). The summed E-state index contributed by atoms with van der Waals surface area (Å²) in [6.07, 6.45) is -4.26. The lowest BCUT2D eigenvalue weighted by Gasteiger charge is -2.36. The van der Waals surface area contributed by atoms with Crippen molar-refractivity contribution in [1.29, 1.82) is 5.41 Å². The van der Waals surface area contributed by atoms with Gasteiger partial charge in [0.25, 0.3) is 0 Å². The smallest absolute Gasteiger partial charge is 0.349 e. The molecule has 0 fully saturated rings. The van der Waals surface area contributed by atoms with Crippen LogP contribution < -0.4 is 0 Å². The SMILES string of the molecule is CC(C)N(CC(F)(F)F)C(=N)C(C)(C)C. The summed E-state index contributed by atoms with van der Waals surface area (Å²) in [6.45, 7) is 7.47. The molecule has 0 bridgehead atoms. The summed E-state index contributed by atoms with van der Waals surface area (Å²) < 4.78 is 36.8. The monoisotopic (exact) mass is 224 g/mol. The van der Waals surface area contributed by atoms with Crippen LogP contribution in [-0.4, -0.2) is 29.5 Å². The molecule has 0 aromatic heterocycles. The van der Waals surface area contributed by atoms with Gasteiger partial charge in [-0.2, -0.15) is 13.2 Å². The van der Waals surface area contributed by atoms with E-state index < -0.39 is 18.1 Å². The summed E-state index contributed by atoms with van der Waals surface area (Å²) >= 11 is 0. The number of rotatable bonds is 2. The van der Waals surface area contributed by atoms with Crippen molar-refractivity contribution in [3.8, 4) is 0 Å². The first-order chi connectivity index (χ1) is 6.45. The van der Waals surface area contributed by atoms with Crippen LogP contribution in [0.4, 0.5) is 13.2 Å². The Morgan fingerprint density at radius 2 is 1.60 bits per heavy atom. The molecule has 0 heterocycles. The molecule has 0 aliphatic carbocycles. The maximum absolute atomic E-state index is 12.3. The van der Waals surface area contributed by atoms with Crippen molar-refractivity contribution in [3.05, 3.63) is 0 Å². The summed E-state index contributed by atoms with van der Waals surface area (Å²) in [5.74, 6) is 0.0230. The van der Waals surface area contributed by atoms with Gasteiger partial charge in [0.1, 0.15) is 12.4 Å². The van der Waals surface area contributed by atoms with Gasteiger partial charge in [-0.25, -0.2) is 0 Å². The van der Waals surface area contributed by atoms with Gasteiger partial charge in [-0.05, 0) is 13.8 Å². The molecule has 0 spiro atoms. The summed E-state index contributed by atoms with van der Waals surface area (Å²) in [5.41, 5.74) is -0.560. The van der Waals surface area contributed by atoms with Crippen LogP contribution in [-0.2, 0) is 0 Å². The molecule has 0 amide bonds. The number of alkyl halides is 3. The van der Waals surface area contributed by atoms with Crippen molar-refractivity contribution in [2.24, 2.45) is 5.41 Å². The fraction of sp³-hybridized carbons (Fsp3) is 0.900. The highest BCUT2D eigenvalue weighted by molar-refractivity contribution is 5.84. The molecule has 15 heavy (non-hydrogen) atoms. The minimum Gasteiger partial charge on any atom is -0.349 e. The second kappa shape index (κ2) is 4.41. The molecule has 0 aromatic rings. The van der Waals surface area contributed by atoms with Crippen LogP contribution in [0.25, 0.3) is 0 Å². The summed E-state index contributed by atoms with van der Waals surface area (Å²) in [6, 6.07) is -0.321. The number of hydrogen-bond acceptors (Lipinski definition) is 1. The Morgan fingerprint density at radius 3 is 1.80 bits per heavy atom. The molecule has 90 valence electrons. The Bertz CT molecular complexity index is 226. The van der Waals surface area contributed by atoms with Crippen molar-refractivity contribution in [3.63, 3.8) is 0 Å². The van der Waals surface area contributed by atoms with E-state index in [2.05, 4.69) is 0 Å². The lowest BCUT2D eigenvalue weighted by molar-refractivity contribution is -0.141. The molecule has 0 aromatic carbocycles. The predicted octanol–water partition coefficient (Wildman–Crippen LogP) is 3.28. The highest BCUT2D eigenvalue weighted by atomic mass is 19.4. The molecule has 5 heteroatoms. The van der Waals surface area contributed by atoms with E-state index in [4.69, 9.17) is 5.41 Å². The zero-order valence-corrected chi connectivity index (χ0v) is 9.87. The average Bonchev–Trinajstić information content (AvgIpc) is 1.94. The molecule has 0 saturated carbocycles. The highest BCUT2D eigenvalue weighted by Crippen LogP contribution is 2.24. The zero-order chi connectivity index (χ0) is 12.4. The van der Waals surface area contributed by atoms with Gasteiger partial charge in [0, 0.05) is 11.5 Å². The number of amidine groups is 1. The van der Waals surface area contributed by atoms with E-state index >= 15 is 0 Å². The van der Waals surface area contributed by atoms with Crippen LogP contribution in [0.1, 0.15) is 34.6 Å². The van der Waals surface area contributed by atoms with E-state index in [9.17, 15) is 13.2 Å². The van der Waals surface area contributed by atoms with E-state index in [0.717, 1.165) is 4.90 Å². The van der Waals surface area contributed by atoms with Crippen LogP contribution in [0.5, 0.6) is 0 Å². The lowest BCUT2D eigenvalue weighted by Crippen LogP contribution is -2.47. The normalized spacial score (nSPS) is 13.1. The van der Waals surface area contributed by atoms with Crippen molar-refractivity contribution in [2.45, 2.75) is 46.8 Å². The van der Waals surface area contributed by atoms with Gasteiger partial charge in [-0.3, -0.25) is 5.41 Å². The number of nitrogens with zero attached hydrogens (tertiary/aromatic N) is 1. The van der Waals surface area contributed by atoms with Crippen molar-refractivity contribution < 1.29 is 13.2 Å². The Balaban J connectivity index is 4.77. The minimum atomic E-state index is -4.26. The van der Waals surface area contributed by atoms with Crippen LogP contribution in [0, 0.1) is 10.8 Å². The van der Waals surface area contributed by atoms with Gasteiger partial charge in [0.2, 0.25) is 0 Å². The number of halogens is 3. The van der Waals surface area contributed by atoms with E-state index in [0.29, 0.717) is 0 Å². The van der Waals surface area contributed by atoms with Crippen LogP contribution >= 0.6 is 0 Å². The third-order valence-electron chi connectivity index (χ3n) is 1.97. The first-order valence-electron chi connectivity index (χ1n) is 4.87. The Hall–Kier alpha value is -0.740. The van der Waals surface area contributed by atoms with Gasteiger partial charge in [0.15, 0.2) is 0 Å². The largest absolute Gasteiger partial charge is 0.405 e. The first-order valence-corrected chi connectivity index (χ1v) is 4.87. The molecule has 0 saturated heterocycles. The van der Waals surface area contributed by atoms with E-state index in [1.54, 1.807) is 34.6 Å². The standard InChI is InChI=1S/C10H19F3N2/c1-7(2)15(6-10(11,12)13)8(14)9(3,4)5/h7,14H,6H2,1-5H3. The molecule has 0 radical (unpaired) electrons. The molecule has 0 aliphatic heterocycles. The van der Waals surface area contributed by atoms with Gasteiger partial charge in [0.05, 0.1) is 0 Å². The molecule has 0 atom stereocenters. The molecule has 0 aliphatic rings. The Kier molecular flexibility index (Phi) is 4.19. The van der Waals surface area contributed by atoms with E-state index in [1.807, 2.05) is 0 Å².